The lowest BCUT2D eigenvalue weighted by atomic mass is 10.1. The van der Waals surface area contributed by atoms with Crippen molar-refractivity contribution in [2.75, 3.05) is 0 Å². The van der Waals surface area contributed by atoms with Gasteiger partial charge in [-0.3, -0.25) is 9.20 Å². The summed E-state index contributed by atoms with van der Waals surface area (Å²) in [4.78, 5) is 16.6. The second-order valence-electron chi connectivity index (χ2n) is 4.42. The van der Waals surface area contributed by atoms with Crippen molar-refractivity contribution in [2.24, 2.45) is 0 Å². The minimum absolute atomic E-state index is 0.0880. The monoisotopic (exact) mass is 270 g/mol. The highest BCUT2D eigenvalue weighted by Gasteiger charge is 2.04. The first-order valence-corrected chi connectivity index (χ1v) is 6.27. The second kappa shape index (κ2) is 4.52. The molecule has 0 bridgehead atoms. The van der Waals surface area contributed by atoms with Gasteiger partial charge in [0.2, 0.25) is 0 Å². The molecule has 94 valence electrons. The van der Waals surface area contributed by atoms with Crippen LogP contribution in [0.5, 0.6) is 0 Å². The molecule has 1 aromatic carbocycles. The zero-order valence-electron chi connectivity index (χ0n) is 10.3. The maximum Gasteiger partial charge on any atom is 0.258 e. The molecule has 0 amide bonds. The van der Waals surface area contributed by atoms with Crippen molar-refractivity contribution in [3.8, 4) is 11.3 Å². The molecule has 19 heavy (non-hydrogen) atoms. The first kappa shape index (κ1) is 11.9. The van der Waals surface area contributed by atoms with Crippen molar-refractivity contribution < 1.29 is 0 Å². The lowest BCUT2D eigenvalue weighted by Gasteiger charge is -2.05. The number of nitrogens with zero attached hydrogens (tertiary/aromatic N) is 2. The molecule has 0 spiro atoms. The fourth-order valence-corrected chi connectivity index (χ4v) is 2.10. The molecule has 3 rings (SSSR count). The van der Waals surface area contributed by atoms with Crippen molar-refractivity contribution in [1.82, 2.24) is 9.38 Å². The van der Waals surface area contributed by atoms with Crippen LogP contribution in [0.15, 0.2) is 53.5 Å². The van der Waals surface area contributed by atoms with Crippen LogP contribution in [0.3, 0.4) is 0 Å². The fraction of sp³-hybridized carbons (Fsp3) is 0.0667. The Labute approximate surface area is 115 Å². The third-order valence-electron chi connectivity index (χ3n) is 2.96. The number of rotatable bonds is 1. The molecule has 0 aliphatic rings. The van der Waals surface area contributed by atoms with Crippen LogP contribution < -0.4 is 5.56 Å². The summed E-state index contributed by atoms with van der Waals surface area (Å²) in [5.74, 6) is 0. The fourth-order valence-electron chi connectivity index (χ4n) is 1.97. The average molecular weight is 271 g/mol. The highest BCUT2D eigenvalue weighted by Crippen LogP contribution is 2.19. The van der Waals surface area contributed by atoms with E-state index in [-0.39, 0.29) is 5.56 Å². The Morgan fingerprint density at radius 3 is 2.58 bits per heavy atom. The Balaban J connectivity index is 2.25. The maximum absolute atomic E-state index is 12.0. The molecular weight excluding hydrogens is 260 g/mol. The van der Waals surface area contributed by atoms with Gasteiger partial charge in [-0.15, -0.1) is 0 Å². The summed E-state index contributed by atoms with van der Waals surface area (Å²) in [5, 5.41) is 0.664. The highest BCUT2D eigenvalue weighted by molar-refractivity contribution is 6.30. The van der Waals surface area contributed by atoms with Crippen molar-refractivity contribution in [3.05, 3.63) is 69.6 Å². The molecule has 0 radical (unpaired) electrons. The zero-order chi connectivity index (χ0) is 13.4. The van der Waals surface area contributed by atoms with Gasteiger partial charge in [-0.2, -0.15) is 0 Å². The molecule has 0 atom stereocenters. The lowest BCUT2D eigenvalue weighted by Crippen LogP contribution is -2.14. The standard InChI is InChI=1S/C15H11ClN2O/c1-10-6-7-18-14(8-10)17-13(9-15(18)19)11-2-4-12(16)5-3-11/h2-9H,1H3. The van der Waals surface area contributed by atoms with Crippen LogP contribution in [0.2, 0.25) is 5.02 Å². The Morgan fingerprint density at radius 1 is 1.11 bits per heavy atom. The van der Waals surface area contributed by atoms with E-state index in [1.165, 1.54) is 10.5 Å². The number of halogens is 1. The first-order valence-electron chi connectivity index (χ1n) is 5.89. The molecule has 0 saturated carbocycles. The van der Waals surface area contributed by atoms with Crippen molar-refractivity contribution >= 4 is 17.2 Å². The number of aryl methyl sites for hydroxylation is 1. The van der Waals surface area contributed by atoms with Crippen molar-refractivity contribution in [1.29, 1.82) is 0 Å². The maximum atomic E-state index is 12.0. The molecule has 4 heteroatoms. The molecule has 0 aliphatic heterocycles. The van der Waals surface area contributed by atoms with Gasteiger partial charge in [0.1, 0.15) is 5.65 Å². The van der Waals surface area contributed by atoms with Gasteiger partial charge in [0.15, 0.2) is 0 Å². The predicted molar refractivity (Wildman–Crippen MR) is 76.6 cm³/mol. The van der Waals surface area contributed by atoms with E-state index in [0.717, 1.165) is 11.1 Å². The number of aromatic nitrogens is 2. The van der Waals surface area contributed by atoms with Gasteiger partial charge in [0, 0.05) is 22.8 Å². The number of hydrogen-bond acceptors (Lipinski definition) is 2. The van der Waals surface area contributed by atoms with Gasteiger partial charge >= 0.3 is 0 Å². The van der Waals surface area contributed by atoms with Crippen LogP contribution in [0.25, 0.3) is 16.9 Å². The number of benzene rings is 1. The third-order valence-corrected chi connectivity index (χ3v) is 3.21. The molecular formula is C15H11ClN2O. The van der Waals surface area contributed by atoms with Crippen LogP contribution in [0, 0.1) is 6.92 Å². The quantitative estimate of drug-likeness (QED) is 0.680. The Morgan fingerprint density at radius 2 is 1.84 bits per heavy atom. The molecule has 0 unspecified atom stereocenters. The van der Waals surface area contributed by atoms with Gasteiger partial charge in [0.25, 0.3) is 5.56 Å². The SMILES string of the molecule is Cc1ccn2c(=O)cc(-c3ccc(Cl)cc3)nc2c1. The van der Waals surface area contributed by atoms with Gasteiger partial charge in [-0.05, 0) is 36.8 Å². The molecule has 0 aliphatic carbocycles. The smallest absolute Gasteiger partial charge is 0.258 e. The summed E-state index contributed by atoms with van der Waals surface area (Å²) in [6, 6.07) is 12.6. The molecule has 2 heterocycles. The van der Waals surface area contributed by atoms with Gasteiger partial charge in [-0.1, -0.05) is 23.7 Å². The average Bonchev–Trinajstić information content (AvgIpc) is 2.38. The van der Waals surface area contributed by atoms with E-state index in [9.17, 15) is 4.79 Å². The molecule has 0 N–H and O–H groups in total. The minimum atomic E-state index is -0.0880. The van der Waals surface area contributed by atoms with E-state index >= 15 is 0 Å². The number of hydrogen-bond donors (Lipinski definition) is 0. The second-order valence-corrected chi connectivity index (χ2v) is 4.86. The summed E-state index contributed by atoms with van der Waals surface area (Å²) >= 11 is 5.86. The van der Waals surface area contributed by atoms with E-state index < -0.39 is 0 Å². The van der Waals surface area contributed by atoms with Gasteiger partial charge < -0.3 is 0 Å². The molecule has 0 fully saturated rings. The lowest BCUT2D eigenvalue weighted by molar-refractivity contribution is 1.04. The molecule has 3 nitrogen and oxygen atoms in total. The summed E-state index contributed by atoms with van der Waals surface area (Å²) < 4.78 is 1.53. The number of fused-ring (bicyclic) bond motifs is 1. The van der Waals surface area contributed by atoms with Crippen LogP contribution in [0.4, 0.5) is 0 Å². The topological polar surface area (TPSA) is 34.4 Å². The van der Waals surface area contributed by atoms with Crippen LogP contribution >= 0.6 is 11.6 Å². The van der Waals surface area contributed by atoms with E-state index in [1.807, 2.05) is 31.2 Å². The summed E-state index contributed by atoms with van der Waals surface area (Å²) in [6.45, 7) is 1.97. The zero-order valence-corrected chi connectivity index (χ0v) is 11.1. The van der Waals surface area contributed by atoms with Crippen molar-refractivity contribution in [2.45, 2.75) is 6.92 Å². The molecule has 0 saturated heterocycles. The minimum Gasteiger partial charge on any atom is -0.269 e. The summed E-state index contributed by atoms with van der Waals surface area (Å²) in [6.07, 6.45) is 1.74. The first-order chi connectivity index (χ1) is 9.13. The van der Waals surface area contributed by atoms with E-state index in [0.29, 0.717) is 16.4 Å². The van der Waals surface area contributed by atoms with E-state index in [1.54, 1.807) is 18.3 Å². The van der Waals surface area contributed by atoms with Crippen molar-refractivity contribution in [3.63, 3.8) is 0 Å². The van der Waals surface area contributed by atoms with Crippen LogP contribution in [-0.2, 0) is 0 Å². The number of pyridine rings is 1. The Hall–Kier alpha value is -2.13. The molecule has 2 aromatic heterocycles. The highest BCUT2D eigenvalue weighted by atomic mass is 35.5. The largest absolute Gasteiger partial charge is 0.269 e. The van der Waals surface area contributed by atoms with Crippen LogP contribution in [-0.4, -0.2) is 9.38 Å². The van der Waals surface area contributed by atoms with Gasteiger partial charge in [-0.25, -0.2) is 4.98 Å². The predicted octanol–water partition coefficient (Wildman–Crippen LogP) is 3.32. The Kier molecular flexibility index (Phi) is 2.84. The Bertz CT molecular complexity index is 806. The van der Waals surface area contributed by atoms with Crippen LogP contribution in [0.1, 0.15) is 5.56 Å². The molecule has 3 aromatic rings. The normalized spacial score (nSPS) is 10.8. The summed E-state index contributed by atoms with van der Waals surface area (Å²) in [7, 11) is 0. The summed E-state index contributed by atoms with van der Waals surface area (Å²) in [5.41, 5.74) is 3.17. The van der Waals surface area contributed by atoms with E-state index in [4.69, 9.17) is 11.6 Å². The van der Waals surface area contributed by atoms with E-state index in [2.05, 4.69) is 4.98 Å². The van der Waals surface area contributed by atoms with Gasteiger partial charge in [0.05, 0.1) is 5.69 Å². The third kappa shape index (κ3) is 2.25.